The highest BCUT2D eigenvalue weighted by molar-refractivity contribution is 5.97. The van der Waals surface area contributed by atoms with Gasteiger partial charge >= 0.3 is 0 Å². The molecule has 0 fully saturated rings. The third-order valence-electron chi connectivity index (χ3n) is 3.23. The predicted octanol–water partition coefficient (Wildman–Crippen LogP) is 2.18. The molecule has 1 amide bonds. The number of hydrazone groups is 1. The molecule has 0 bridgehead atoms. The molecule has 126 valence electrons. The Balaban J connectivity index is 2.15. The van der Waals surface area contributed by atoms with E-state index in [1.807, 2.05) is 0 Å². The van der Waals surface area contributed by atoms with E-state index >= 15 is 0 Å². The van der Waals surface area contributed by atoms with E-state index in [4.69, 9.17) is 14.2 Å². The minimum Gasteiger partial charge on any atom is -0.502 e. The van der Waals surface area contributed by atoms with E-state index in [-0.39, 0.29) is 17.2 Å². The van der Waals surface area contributed by atoms with Gasteiger partial charge < -0.3 is 19.3 Å². The number of nitrogens with one attached hydrogen (secondary N) is 1. The Morgan fingerprint density at radius 2 is 1.62 bits per heavy atom. The molecule has 0 atom stereocenters. The molecule has 0 spiro atoms. The lowest BCUT2D eigenvalue weighted by Gasteiger charge is -2.09. The van der Waals surface area contributed by atoms with Crippen LogP contribution in [0.1, 0.15) is 15.9 Å². The Kier molecular flexibility index (Phi) is 5.62. The number of phenols is 1. The fourth-order valence-corrected chi connectivity index (χ4v) is 2.05. The smallest absolute Gasteiger partial charge is 0.275 e. The number of carbonyl (C=O) groups is 1. The van der Waals surface area contributed by atoms with Gasteiger partial charge in [0, 0.05) is 5.56 Å². The van der Waals surface area contributed by atoms with Crippen LogP contribution in [0.3, 0.4) is 0 Å². The van der Waals surface area contributed by atoms with E-state index in [9.17, 15) is 9.90 Å². The Labute approximate surface area is 139 Å². The molecular weight excluding hydrogens is 312 g/mol. The maximum atomic E-state index is 12.1. The van der Waals surface area contributed by atoms with Gasteiger partial charge in [-0.05, 0) is 24.3 Å². The third-order valence-corrected chi connectivity index (χ3v) is 3.23. The molecule has 0 aromatic heterocycles. The monoisotopic (exact) mass is 330 g/mol. The van der Waals surface area contributed by atoms with Crippen molar-refractivity contribution in [2.24, 2.45) is 5.10 Å². The largest absolute Gasteiger partial charge is 0.502 e. The first-order valence-corrected chi connectivity index (χ1v) is 7.02. The van der Waals surface area contributed by atoms with Crippen LogP contribution in [0.15, 0.2) is 41.5 Å². The maximum absolute atomic E-state index is 12.1. The normalized spacial score (nSPS) is 10.5. The Bertz CT molecular complexity index is 733. The van der Waals surface area contributed by atoms with Gasteiger partial charge in [0.25, 0.3) is 5.91 Å². The number of phenolic OH excluding ortho intramolecular Hbond substituents is 1. The molecule has 2 aromatic rings. The average molecular weight is 330 g/mol. The first kappa shape index (κ1) is 17.1. The summed E-state index contributed by atoms with van der Waals surface area (Å²) in [6.45, 7) is 0. The van der Waals surface area contributed by atoms with Gasteiger partial charge in [-0.25, -0.2) is 5.43 Å². The maximum Gasteiger partial charge on any atom is 0.275 e. The summed E-state index contributed by atoms with van der Waals surface area (Å²) < 4.78 is 15.3. The summed E-state index contributed by atoms with van der Waals surface area (Å²) in [7, 11) is 4.35. The first-order valence-electron chi connectivity index (χ1n) is 7.02. The lowest BCUT2D eigenvalue weighted by Crippen LogP contribution is -2.18. The molecular formula is C17H18N2O5. The van der Waals surface area contributed by atoms with Crippen molar-refractivity contribution >= 4 is 12.1 Å². The van der Waals surface area contributed by atoms with Gasteiger partial charge in [0.2, 0.25) is 5.75 Å². The van der Waals surface area contributed by atoms with Gasteiger partial charge in [-0.2, -0.15) is 5.10 Å². The summed E-state index contributed by atoms with van der Waals surface area (Å²) in [6, 6.07) is 9.96. The molecule has 0 aliphatic rings. The van der Waals surface area contributed by atoms with Gasteiger partial charge in [0.05, 0.1) is 33.1 Å². The molecule has 7 nitrogen and oxygen atoms in total. The Morgan fingerprint density at radius 1 is 1.04 bits per heavy atom. The van der Waals surface area contributed by atoms with Crippen LogP contribution in [0.2, 0.25) is 0 Å². The average Bonchev–Trinajstić information content (AvgIpc) is 2.62. The molecule has 0 radical (unpaired) electrons. The number of amides is 1. The molecule has 0 saturated heterocycles. The predicted molar refractivity (Wildman–Crippen MR) is 89.3 cm³/mol. The minimum atomic E-state index is -0.401. The summed E-state index contributed by atoms with van der Waals surface area (Å²) >= 11 is 0. The van der Waals surface area contributed by atoms with Crippen LogP contribution in [0.4, 0.5) is 0 Å². The van der Waals surface area contributed by atoms with Gasteiger partial charge in [-0.3, -0.25) is 4.79 Å². The van der Waals surface area contributed by atoms with E-state index in [0.29, 0.717) is 16.9 Å². The van der Waals surface area contributed by atoms with Crippen molar-refractivity contribution in [2.45, 2.75) is 0 Å². The van der Waals surface area contributed by atoms with Gasteiger partial charge in [0.15, 0.2) is 11.5 Å². The van der Waals surface area contributed by atoms with Crippen LogP contribution in [-0.2, 0) is 0 Å². The van der Waals surface area contributed by atoms with Crippen molar-refractivity contribution in [2.75, 3.05) is 21.3 Å². The second-order valence-corrected chi connectivity index (χ2v) is 4.67. The quantitative estimate of drug-likeness (QED) is 0.626. The third kappa shape index (κ3) is 3.75. The lowest BCUT2D eigenvalue weighted by molar-refractivity contribution is 0.0952. The number of hydrogen-bond acceptors (Lipinski definition) is 6. The molecule has 0 heterocycles. The second-order valence-electron chi connectivity index (χ2n) is 4.67. The van der Waals surface area contributed by atoms with Crippen molar-refractivity contribution in [1.82, 2.24) is 5.43 Å². The fourth-order valence-electron chi connectivity index (χ4n) is 2.05. The Morgan fingerprint density at radius 3 is 2.21 bits per heavy atom. The highest BCUT2D eigenvalue weighted by Gasteiger charge is 2.11. The van der Waals surface area contributed by atoms with E-state index in [2.05, 4.69) is 10.5 Å². The van der Waals surface area contributed by atoms with Crippen molar-refractivity contribution in [3.63, 3.8) is 0 Å². The molecule has 0 aliphatic carbocycles. The number of ether oxygens (including phenoxy) is 3. The van der Waals surface area contributed by atoms with Crippen LogP contribution in [-0.4, -0.2) is 38.6 Å². The van der Waals surface area contributed by atoms with Gasteiger partial charge in [-0.1, -0.05) is 12.1 Å². The van der Waals surface area contributed by atoms with Crippen molar-refractivity contribution in [3.05, 3.63) is 47.5 Å². The van der Waals surface area contributed by atoms with Crippen LogP contribution in [0.5, 0.6) is 23.0 Å². The van der Waals surface area contributed by atoms with E-state index < -0.39 is 5.91 Å². The molecule has 24 heavy (non-hydrogen) atoms. The van der Waals surface area contributed by atoms with E-state index in [1.54, 1.807) is 36.4 Å². The number of rotatable bonds is 6. The van der Waals surface area contributed by atoms with Crippen LogP contribution in [0, 0.1) is 0 Å². The molecule has 2 aromatic carbocycles. The number of methoxy groups -OCH3 is 3. The zero-order chi connectivity index (χ0) is 17.5. The summed E-state index contributed by atoms with van der Waals surface area (Å²) in [5, 5.41) is 13.8. The van der Waals surface area contributed by atoms with E-state index in [0.717, 1.165) is 0 Å². The lowest BCUT2D eigenvalue weighted by atomic mass is 10.2. The van der Waals surface area contributed by atoms with Crippen molar-refractivity contribution in [3.8, 4) is 23.0 Å². The minimum absolute atomic E-state index is 0.102. The number of aromatic hydroxyl groups is 1. The van der Waals surface area contributed by atoms with E-state index in [1.165, 1.54) is 27.5 Å². The summed E-state index contributed by atoms with van der Waals surface area (Å²) in [5.74, 6) is 0.438. The van der Waals surface area contributed by atoms with Crippen molar-refractivity contribution in [1.29, 1.82) is 0 Å². The molecule has 0 aliphatic heterocycles. The number of nitrogens with zero attached hydrogens (tertiary/aromatic N) is 1. The van der Waals surface area contributed by atoms with Crippen molar-refractivity contribution < 1.29 is 24.1 Å². The molecule has 2 rings (SSSR count). The van der Waals surface area contributed by atoms with Gasteiger partial charge in [0.1, 0.15) is 5.75 Å². The number of carbonyl (C=O) groups excluding carboxylic acids is 1. The number of para-hydroxylation sites is 1. The number of hydrogen-bond donors (Lipinski definition) is 2. The number of benzene rings is 2. The standard InChI is InChI=1S/C17H18N2O5/c1-22-13-7-5-4-6-12(13)17(21)19-18-10-11-8-14(23-2)16(20)15(9-11)24-3/h4-10,20H,1-3H3,(H,19,21). The summed E-state index contributed by atoms with van der Waals surface area (Å²) in [4.78, 5) is 12.1. The zero-order valence-electron chi connectivity index (χ0n) is 13.6. The summed E-state index contributed by atoms with van der Waals surface area (Å²) in [6.07, 6.45) is 1.41. The first-order chi connectivity index (χ1) is 11.6. The second kappa shape index (κ2) is 7.87. The fraction of sp³-hybridized carbons (Fsp3) is 0.176. The zero-order valence-corrected chi connectivity index (χ0v) is 13.6. The Hall–Kier alpha value is -3.22. The van der Waals surface area contributed by atoms with Gasteiger partial charge in [-0.15, -0.1) is 0 Å². The molecule has 2 N–H and O–H groups in total. The van der Waals surface area contributed by atoms with Crippen LogP contribution >= 0.6 is 0 Å². The summed E-state index contributed by atoms with van der Waals surface area (Å²) in [5.41, 5.74) is 3.38. The SMILES string of the molecule is COc1ccccc1C(=O)NN=Cc1cc(OC)c(O)c(OC)c1. The molecule has 0 unspecified atom stereocenters. The van der Waals surface area contributed by atoms with Crippen LogP contribution < -0.4 is 19.6 Å². The van der Waals surface area contributed by atoms with Crippen LogP contribution in [0.25, 0.3) is 0 Å². The molecule has 0 saturated carbocycles. The highest BCUT2D eigenvalue weighted by Crippen LogP contribution is 2.36. The molecule has 7 heteroatoms. The highest BCUT2D eigenvalue weighted by atomic mass is 16.5. The topological polar surface area (TPSA) is 89.4 Å².